The van der Waals surface area contributed by atoms with E-state index in [1.807, 2.05) is 37.3 Å². The van der Waals surface area contributed by atoms with Gasteiger partial charge in [0.1, 0.15) is 18.0 Å². The first-order valence-electron chi connectivity index (χ1n) is 11.6. The predicted octanol–water partition coefficient (Wildman–Crippen LogP) is 4.82. The maximum atomic E-state index is 13.9. The molecule has 1 amide bonds. The first kappa shape index (κ1) is 25.1. The highest BCUT2D eigenvalue weighted by molar-refractivity contribution is 6.18. The normalized spacial score (nSPS) is 14.9. The Hall–Kier alpha value is -4.97. The van der Waals surface area contributed by atoms with Crippen LogP contribution in [0.2, 0.25) is 0 Å². The van der Waals surface area contributed by atoms with Gasteiger partial charge in [0.2, 0.25) is 0 Å². The minimum Gasteiger partial charge on any atom is -0.497 e. The van der Waals surface area contributed by atoms with Gasteiger partial charge in [-0.15, -0.1) is 0 Å². The molecule has 0 bridgehead atoms. The fourth-order valence-corrected chi connectivity index (χ4v) is 4.26. The highest BCUT2D eigenvalue weighted by atomic mass is 16.6. The van der Waals surface area contributed by atoms with E-state index in [1.54, 1.807) is 24.3 Å². The van der Waals surface area contributed by atoms with Gasteiger partial charge in [-0.25, -0.2) is 0 Å². The second-order valence-electron chi connectivity index (χ2n) is 8.36. The van der Waals surface area contributed by atoms with Crippen LogP contribution >= 0.6 is 0 Å². The smallest absolute Gasteiger partial charge is 0.272 e. The summed E-state index contributed by atoms with van der Waals surface area (Å²) in [6.07, 6.45) is 0.848. The predicted molar refractivity (Wildman–Crippen MR) is 137 cm³/mol. The average Bonchev–Trinajstić information content (AvgIpc) is 3.19. The Bertz CT molecular complexity index is 1400. The standard InChI is InChI=1S/C28H24N4O5/c1-3-18-4-10-21(11-5-18)30-25-24(27(33)20-6-12-22(13-7-20)32(35)36)26(31(17-16-29)28(25)34)19-8-14-23(37-2)15-9-19/h4-15,26,30H,3,17H2,1-2H3. The van der Waals surface area contributed by atoms with E-state index in [0.29, 0.717) is 17.0 Å². The van der Waals surface area contributed by atoms with E-state index in [2.05, 4.69) is 5.32 Å². The number of hydrogen-bond acceptors (Lipinski definition) is 7. The number of aryl methyl sites for hydroxylation is 1. The van der Waals surface area contributed by atoms with Gasteiger partial charge < -0.3 is 15.0 Å². The van der Waals surface area contributed by atoms with Crippen molar-refractivity contribution in [1.29, 1.82) is 5.26 Å². The van der Waals surface area contributed by atoms with Gasteiger partial charge in [0.15, 0.2) is 5.78 Å². The molecular formula is C28H24N4O5. The van der Waals surface area contributed by atoms with Crippen LogP contribution < -0.4 is 10.1 Å². The fraction of sp³-hybridized carbons (Fsp3) is 0.179. The van der Waals surface area contributed by atoms with Crippen molar-refractivity contribution in [1.82, 2.24) is 4.90 Å². The number of nitrogens with zero attached hydrogens (tertiary/aromatic N) is 3. The molecule has 1 unspecified atom stereocenters. The first-order chi connectivity index (χ1) is 17.9. The summed E-state index contributed by atoms with van der Waals surface area (Å²) in [5.41, 5.74) is 2.59. The molecule has 0 spiro atoms. The summed E-state index contributed by atoms with van der Waals surface area (Å²) in [5.74, 6) is -0.370. The van der Waals surface area contributed by atoms with Gasteiger partial charge in [0, 0.05) is 23.4 Å². The third kappa shape index (κ3) is 5.04. The van der Waals surface area contributed by atoms with E-state index >= 15 is 0 Å². The number of benzene rings is 3. The van der Waals surface area contributed by atoms with Crippen molar-refractivity contribution in [2.24, 2.45) is 0 Å². The third-order valence-electron chi connectivity index (χ3n) is 6.22. The topological polar surface area (TPSA) is 126 Å². The molecule has 1 atom stereocenters. The molecule has 0 saturated carbocycles. The summed E-state index contributed by atoms with van der Waals surface area (Å²) in [7, 11) is 1.53. The van der Waals surface area contributed by atoms with Gasteiger partial charge in [-0.3, -0.25) is 19.7 Å². The number of nitro groups is 1. The second-order valence-corrected chi connectivity index (χ2v) is 8.36. The number of non-ortho nitro benzene ring substituents is 1. The number of nitriles is 1. The first-order valence-corrected chi connectivity index (χ1v) is 11.6. The Morgan fingerprint density at radius 1 is 1.08 bits per heavy atom. The van der Waals surface area contributed by atoms with E-state index in [9.17, 15) is 25.0 Å². The molecule has 0 aliphatic carbocycles. The lowest BCUT2D eigenvalue weighted by molar-refractivity contribution is -0.384. The molecule has 1 N–H and O–H groups in total. The van der Waals surface area contributed by atoms with Crippen LogP contribution in [0.4, 0.5) is 11.4 Å². The zero-order valence-electron chi connectivity index (χ0n) is 20.3. The summed E-state index contributed by atoms with van der Waals surface area (Å²) in [4.78, 5) is 39.4. The molecule has 0 aromatic heterocycles. The number of anilines is 1. The Morgan fingerprint density at radius 2 is 1.73 bits per heavy atom. The lowest BCUT2D eigenvalue weighted by atomic mass is 9.92. The van der Waals surface area contributed by atoms with Crippen LogP contribution in [-0.2, 0) is 11.2 Å². The molecule has 186 valence electrons. The number of carbonyl (C=O) groups is 2. The molecule has 0 saturated heterocycles. The minimum atomic E-state index is -0.849. The Balaban J connectivity index is 1.86. The zero-order chi connectivity index (χ0) is 26.5. The third-order valence-corrected chi connectivity index (χ3v) is 6.22. The number of carbonyl (C=O) groups excluding carboxylic acids is 2. The fourth-order valence-electron chi connectivity index (χ4n) is 4.26. The van der Waals surface area contributed by atoms with Gasteiger partial charge in [0.05, 0.1) is 29.7 Å². The Labute approximate surface area is 213 Å². The van der Waals surface area contributed by atoms with Crippen molar-refractivity contribution in [3.05, 3.63) is 111 Å². The van der Waals surface area contributed by atoms with Crippen molar-refractivity contribution in [2.75, 3.05) is 19.0 Å². The van der Waals surface area contributed by atoms with Crippen molar-refractivity contribution in [3.63, 3.8) is 0 Å². The lowest BCUT2D eigenvalue weighted by Gasteiger charge is -2.24. The van der Waals surface area contributed by atoms with Crippen molar-refractivity contribution >= 4 is 23.1 Å². The molecule has 1 aliphatic rings. The molecule has 3 aromatic rings. The summed E-state index contributed by atoms with van der Waals surface area (Å²) >= 11 is 0. The quantitative estimate of drug-likeness (QED) is 0.195. The van der Waals surface area contributed by atoms with Crippen LogP contribution in [-0.4, -0.2) is 35.2 Å². The maximum Gasteiger partial charge on any atom is 0.272 e. The number of nitrogens with one attached hydrogen (secondary N) is 1. The number of ketones is 1. The molecule has 9 nitrogen and oxygen atoms in total. The van der Waals surface area contributed by atoms with E-state index in [4.69, 9.17) is 4.74 Å². The summed E-state index contributed by atoms with van der Waals surface area (Å²) in [6, 6.07) is 20.8. The number of methoxy groups -OCH3 is 1. The SMILES string of the molecule is CCc1ccc(NC2=C(C(=O)c3ccc([N+](=O)[O-])cc3)C(c3ccc(OC)cc3)N(CC#N)C2=O)cc1. The number of nitro benzene ring substituents is 1. The van der Waals surface area contributed by atoms with E-state index in [-0.39, 0.29) is 29.1 Å². The van der Waals surface area contributed by atoms with Gasteiger partial charge >= 0.3 is 0 Å². The van der Waals surface area contributed by atoms with Gasteiger partial charge in [-0.1, -0.05) is 31.2 Å². The number of rotatable bonds is 9. The molecule has 1 heterocycles. The van der Waals surface area contributed by atoms with E-state index < -0.39 is 22.7 Å². The number of Topliss-reactive ketones (excluding diaryl/α,β-unsaturated/α-hetero) is 1. The maximum absolute atomic E-state index is 13.9. The molecule has 0 radical (unpaired) electrons. The van der Waals surface area contributed by atoms with Gasteiger partial charge in [-0.2, -0.15) is 5.26 Å². The second kappa shape index (κ2) is 10.7. The molecule has 9 heteroatoms. The molecule has 3 aromatic carbocycles. The van der Waals surface area contributed by atoms with Crippen LogP contribution in [0, 0.1) is 21.4 Å². The zero-order valence-corrected chi connectivity index (χ0v) is 20.3. The lowest BCUT2D eigenvalue weighted by Crippen LogP contribution is -2.32. The van der Waals surface area contributed by atoms with E-state index in [1.165, 1.54) is 36.3 Å². The summed E-state index contributed by atoms with van der Waals surface area (Å²) < 4.78 is 5.24. The average molecular weight is 497 g/mol. The van der Waals surface area contributed by atoms with Crippen LogP contribution in [0.25, 0.3) is 0 Å². The molecule has 1 aliphatic heterocycles. The molecule has 4 rings (SSSR count). The van der Waals surface area contributed by atoms with Gasteiger partial charge in [0.25, 0.3) is 11.6 Å². The van der Waals surface area contributed by atoms with Crippen molar-refractivity contribution < 1.29 is 19.2 Å². The molecule has 0 fully saturated rings. The summed E-state index contributed by atoms with van der Waals surface area (Å²) in [5, 5.41) is 23.7. The van der Waals surface area contributed by atoms with E-state index in [0.717, 1.165) is 12.0 Å². The number of ether oxygens (including phenoxy) is 1. The van der Waals surface area contributed by atoms with Gasteiger partial charge in [-0.05, 0) is 53.9 Å². The number of hydrogen-bond donors (Lipinski definition) is 1. The summed E-state index contributed by atoms with van der Waals surface area (Å²) in [6.45, 7) is 1.79. The highest BCUT2D eigenvalue weighted by Gasteiger charge is 2.43. The molecular weight excluding hydrogens is 472 g/mol. The number of amides is 1. The monoisotopic (exact) mass is 496 g/mol. The largest absolute Gasteiger partial charge is 0.497 e. The van der Waals surface area contributed by atoms with Crippen LogP contribution in [0.1, 0.15) is 34.5 Å². The minimum absolute atomic E-state index is 0.0590. The van der Waals surface area contributed by atoms with Crippen molar-refractivity contribution in [2.45, 2.75) is 19.4 Å². The Morgan fingerprint density at radius 3 is 2.27 bits per heavy atom. The Kier molecular flexibility index (Phi) is 7.30. The van der Waals surface area contributed by atoms with Crippen LogP contribution in [0.5, 0.6) is 5.75 Å². The molecule has 37 heavy (non-hydrogen) atoms. The highest BCUT2D eigenvalue weighted by Crippen LogP contribution is 2.40. The van der Waals surface area contributed by atoms with Crippen molar-refractivity contribution in [3.8, 4) is 11.8 Å². The van der Waals surface area contributed by atoms with Crippen LogP contribution in [0.3, 0.4) is 0 Å². The van der Waals surface area contributed by atoms with Crippen LogP contribution in [0.15, 0.2) is 84.1 Å².